The third-order valence-electron chi connectivity index (χ3n) is 4.20. The van der Waals surface area contributed by atoms with Gasteiger partial charge in [-0.3, -0.25) is 15.4 Å². The number of hydrogen-bond donors (Lipinski definition) is 4. The van der Waals surface area contributed by atoms with Crippen molar-refractivity contribution in [3.63, 3.8) is 0 Å². The monoisotopic (exact) mass is 417 g/mol. The fourth-order valence-corrected chi connectivity index (χ4v) is 2.93. The quantitative estimate of drug-likeness (QED) is 0.245. The largest absolute Gasteiger partial charge is 0.422 e. The van der Waals surface area contributed by atoms with Crippen LogP contribution < -0.4 is 22.1 Å². The summed E-state index contributed by atoms with van der Waals surface area (Å²) in [5.41, 5.74) is 8.76. The van der Waals surface area contributed by atoms with E-state index in [2.05, 4.69) is 20.6 Å². The number of nitrogens with one attached hydrogen (secondary N) is 2. The molecular formula is C16H10F3N9O2. The SMILES string of the molecule is N#CNC1=NC(c2ccc(C(F)(F)F)c([N+](=O)[O-])c2)c2c(nc(N)c(C#N)c2N)N1. The Hall–Kier alpha value is -4.59. The molecule has 14 heteroatoms. The van der Waals surface area contributed by atoms with Gasteiger partial charge in [-0.1, -0.05) is 6.07 Å². The van der Waals surface area contributed by atoms with Gasteiger partial charge in [-0.15, -0.1) is 0 Å². The standard InChI is InChI=1S/C16H10F3N9O2/c17-16(18,19)8-2-1-6(3-9(8)28(29)30)12-10-11(22)7(4-20)13(23)26-14(10)27-15(25-12)24-5-21/h1-3,12H,(H6,22,23,24,25,26,27). The number of nitrogen functional groups attached to an aromatic ring is 2. The number of benzene rings is 1. The maximum Gasteiger partial charge on any atom is 0.422 e. The first-order chi connectivity index (χ1) is 14.1. The Kier molecular flexibility index (Phi) is 4.77. The molecule has 152 valence electrons. The van der Waals surface area contributed by atoms with E-state index in [0.29, 0.717) is 12.1 Å². The lowest BCUT2D eigenvalue weighted by Crippen LogP contribution is -2.32. The first-order valence-corrected chi connectivity index (χ1v) is 7.92. The van der Waals surface area contributed by atoms with Crippen molar-refractivity contribution in [1.29, 1.82) is 10.5 Å². The molecule has 1 aliphatic rings. The number of rotatable bonds is 2. The molecule has 6 N–H and O–H groups in total. The molecule has 0 aliphatic carbocycles. The van der Waals surface area contributed by atoms with E-state index < -0.39 is 28.4 Å². The molecule has 0 saturated carbocycles. The first kappa shape index (κ1) is 20.2. The summed E-state index contributed by atoms with van der Waals surface area (Å²) in [6.45, 7) is 0. The number of fused-ring (bicyclic) bond motifs is 1. The molecule has 0 spiro atoms. The number of aromatic nitrogens is 1. The van der Waals surface area contributed by atoms with Crippen LogP contribution in [0.2, 0.25) is 0 Å². The maximum atomic E-state index is 13.1. The summed E-state index contributed by atoms with van der Waals surface area (Å²) in [6.07, 6.45) is -3.34. The molecule has 1 aromatic heterocycles. The molecule has 1 atom stereocenters. The van der Waals surface area contributed by atoms with Crippen LogP contribution in [0, 0.1) is 32.9 Å². The van der Waals surface area contributed by atoms with Crippen molar-refractivity contribution in [2.24, 2.45) is 4.99 Å². The van der Waals surface area contributed by atoms with Gasteiger partial charge in [-0.05, 0) is 11.6 Å². The molecule has 3 rings (SSSR count). The van der Waals surface area contributed by atoms with Gasteiger partial charge in [0, 0.05) is 11.6 Å². The Labute approximate surface area is 165 Å². The number of anilines is 3. The summed E-state index contributed by atoms with van der Waals surface area (Å²) >= 11 is 0. The highest BCUT2D eigenvalue weighted by atomic mass is 19.4. The van der Waals surface area contributed by atoms with Crippen molar-refractivity contribution < 1.29 is 18.1 Å². The van der Waals surface area contributed by atoms with E-state index in [1.165, 1.54) is 0 Å². The zero-order valence-corrected chi connectivity index (χ0v) is 14.7. The van der Waals surface area contributed by atoms with Gasteiger partial charge < -0.3 is 16.8 Å². The van der Waals surface area contributed by atoms with Crippen molar-refractivity contribution >= 4 is 29.0 Å². The average molecular weight is 417 g/mol. The summed E-state index contributed by atoms with van der Waals surface area (Å²) in [4.78, 5) is 18.2. The molecule has 0 saturated heterocycles. The number of nitro benzene ring substituents is 1. The number of alkyl halides is 3. The van der Waals surface area contributed by atoms with Crippen molar-refractivity contribution in [2.75, 3.05) is 16.8 Å². The molecule has 0 fully saturated rings. The average Bonchev–Trinajstić information content (AvgIpc) is 2.66. The second kappa shape index (κ2) is 7.10. The zero-order chi connectivity index (χ0) is 22.2. The van der Waals surface area contributed by atoms with E-state index in [0.717, 1.165) is 6.07 Å². The van der Waals surface area contributed by atoms with Gasteiger partial charge in [0.25, 0.3) is 5.69 Å². The van der Waals surface area contributed by atoms with Crippen LogP contribution in [-0.2, 0) is 6.18 Å². The number of aliphatic imine (C=N–C) groups is 1. The van der Waals surface area contributed by atoms with E-state index in [9.17, 15) is 28.5 Å². The van der Waals surface area contributed by atoms with E-state index >= 15 is 0 Å². The molecule has 2 heterocycles. The maximum absolute atomic E-state index is 13.1. The number of guanidine groups is 1. The number of pyridine rings is 1. The van der Waals surface area contributed by atoms with Crippen molar-refractivity contribution in [3.05, 3.63) is 50.6 Å². The minimum absolute atomic E-state index is 0.00991. The smallest absolute Gasteiger partial charge is 0.397 e. The fraction of sp³-hybridized carbons (Fsp3) is 0.125. The Morgan fingerprint density at radius 3 is 2.57 bits per heavy atom. The Balaban J connectivity index is 2.28. The minimum Gasteiger partial charge on any atom is -0.397 e. The number of hydrogen-bond acceptors (Lipinski definition) is 10. The molecule has 30 heavy (non-hydrogen) atoms. The Morgan fingerprint density at radius 1 is 1.30 bits per heavy atom. The van der Waals surface area contributed by atoms with Gasteiger partial charge in [0.05, 0.1) is 10.6 Å². The molecule has 0 amide bonds. The first-order valence-electron chi connectivity index (χ1n) is 7.92. The summed E-state index contributed by atoms with van der Waals surface area (Å²) in [5.74, 6) is -0.380. The zero-order valence-electron chi connectivity index (χ0n) is 14.7. The lowest BCUT2D eigenvalue weighted by Gasteiger charge is -2.26. The molecule has 1 aliphatic heterocycles. The number of halogens is 3. The molecule has 2 aromatic rings. The topological polar surface area (TPSA) is 192 Å². The molecular weight excluding hydrogens is 407 g/mol. The minimum atomic E-state index is -4.95. The van der Waals surface area contributed by atoms with Gasteiger partial charge in [0.1, 0.15) is 34.9 Å². The molecule has 0 radical (unpaired) electrons. The second-order valence-corrected chi connectivity index (χ2v) is 5.93. The third kappa shape index (κ3) is 3.33. The van der Waals surface area contributed by atoms with Gasteiger partial charge >= 0.3 is 6.18 Å². The van der Waals surface area contributed by atoms with E-state index in [1.807, 2.05) is 0 Å². The highest BCUT2D eigenvalue weighted by Gasteiger charge is 2.39. The highest BCUT2D eigenvalue weighted by Crippen LogP contribution is 2.43. The van der Waals surface area contributed by atoms with Crippen molar-refractivity contribution in [2.45, 2.75) is 12.2 Å². The Morgan fingerprint density at radius 2 is 2.00 bits per heavy atom. The number of nitro groups is 1. The van der Waals surface area contributed by atoms with Crippen LogP contribution in [0.25, 0.3) is 0 Å². The van der Waals surface area contributed by atoms with Crippen LogP contribution in [0.4, 0.5) is 36.2 Å². The van der Waals surface area contributed by atoms with E-state index in [1.54, 1.807) is 12.3 Å². The molecule has 1 unspecified atom stereocenters. The Bertz CT molecular complexity index is 1180. The number of nitrogens with zero attached hydrogens (tertiary/aromatic N) is 5. The van der Waals surface area contributed by atoms with Crippen LogP contribution in [0.1, 0.15) is 28.3 Å². The summed E-state index contributed by atoms with van der Waals surface area (Å²) < 4.78 is 39.4. The summed E-state index contributed by atoms with van der Waals surface area (Å²) in [6, 6.07) is 2.80. The molecule has 1 aromatic carbocycles. The van der Waals surface area contributed by atoms with Crippen LogP contribution >= 0.6 is 0 Å². The predicted octanol–water partition coefficient (Wildman–Crippen LogP) is 1.99. The summed E-state index contributed by atoms with van der Waals surface area (Å²) in [7, 11) is 0. The van der Waals surface area contributed by atoms with Crippen LogP contribution in [0.5, 0.6) is 0 Å². The van der Waals surface area contributed by atoms with E-state index in [-0.39, 0.29) is 40.0 Å². The van der Waals surface area contributed by atoms with E-state index in [4.69, 9.17) is 16.7 Å². The normalized spacial score (nSPS) is 15.1. The van der Waals surface area contributed by atoms with Gasteiger partial charge in [0.2, 0.25) is 5.96 Å². The summed E-state index contributed by atoms with van der Waals surface area (Å²) in [5, 5.41) is 34.2. The van der Waals surface area contributed by atoms with Crippen LogP contribution in [0.15, 0.2) is 23.2 Å². The fourth-order valence-electron chi connectivity index (χ4n) is 2.93. The predicted molar refractivity (Wildman–Crippen MR) is 97.5 cm³/mol. The van der Waals surface area contributed by atoms with Gasteiger partial charge in [0.15, 0.2) is 6.19 Å². The van der Waals surface area contributed by atoms with Crippen LogP contribution in [-0.4, -0.2) is 15.9 Å². The molecule has 11 nitrogen and oxygen atoms in total. The number of nitrogens with two attached hydrogens (primary N) is 2. The van der Waals surface area contributed by atoms with Gasteiger partial charge in [-0.25, -0.2) is 9.98 Å². The lowest BCUT2D eigenvalue weighted by atomic mass is 9.94. The second-order valence-electron chi connectivity index (χ2n) is 5.93. The third-order valence-corrected chi connectivity index (χ3v) is 4.20. The van der Waals surface area contributed by atoms with Crippen molar-refractivity contribution in [1.82, 2.24) is 10.3 Å². The highest BCUT2D eigenvalue weighted by molar-refractivity contribution is 5.98. The van der Waals surface area contributed by atoms with Crippen LogP contribution in [0.3, 0.4) is 0 Å². The van der Waals surface area contributed by atoms with Crippen molar-refractivity contribution in [3.8, 4) is 12.3 Å². The lowest BCUT2D eigenvalue weighted by molar-refractivity contribution is -0.388. The molecule has 0 bridgehead atoms. The number of nitriles is 2. The van der Waals surface area contributed by atoms with Gasteiger partial charge in [-0.2, -0.15) is 23.7 Å².